The van der Waals surface area contributed by atoms with Crippen LogP contribution in [0.5, 0.6) is 6.01 Å². The lowest BCUT2D eigenvalue weighted by molar-refractivity contribution is 0.188. The summed E-state index contributed by atoms with van der Waals surface area (Å²) in [4.78, 5) is 18.0. The predicted molar refractivity (Wildman–Crippen MR) is 151 cm³/mol. The van der Waals surface area contributed by atoms with Crippen LogP contribution < -0.4 is 15.4 Å². The number of thiazole rings is 1. The van der Waals surface area contributed by atoms with Crippen molar-refractivity contribution >= 4 is 55.0 Å². The van der Waals surface area contributed by atoms with Crippen molar-refractivity contribution in [1.29, 1.82) is 0 Å². The molecule has 0 saturated carbocycles. The number of rotatable bonds is 5. The number of hydrogen-bond donors (Lipinski definition) is 2. The fraction of sp³-hybridized carbons (Fsp3) is 0.370. The van der Waals surface area contributed by atoms with Crippen molar-refractivity contribution < 1.29 is 14.2 Å². The van der Waals surface area contributed by atoms with E-state index in [2.05, 4.69) is 21.9 Å². The summed E-state index contributed by atoms with van der Waals surface area (Å²) in [7, 11) is 2.07. The van der Waals surface area contributed by atoms with Crippen LogP contribution in [0.2, 0.25) is 5.02 Å². The van der Waals surface area contributed by atoms with Crippen LogP contribution in [0, 0.1) is 5.82 Å². The summed E-state index contributed by atoms with van der Waals surface area (Å²) in [5, 5.41) is 11.2. The van der Waals surface area contributed by atoms with Gasteiger partial charge in [-0.05, 0) is 51.1 Å². The molecule has 4 aromatic rings. The number of likely N-dealkylation sites (tertiary alicyclic amines) is 1. The normalized spacial score (nSPS) is 18.8. The summed E-state index contributed by atoms with van der Waals surface area (Å²) in [5.41, 5.74) is 7.45. The highest BCUT2D eigenvalue weighted by atomic mass is 35.5. The largest absolute Gasteiger partial charge is 0.513 e. The quantitative estimate of drug-likeness (QED) is 0.319. The number of allylic oxidation sites excluding steroid dienone is 1. The SMILES string of the molecule is CN1CCC[C@H]1COc1nc(N2CC=C(O)CCC2)c2cc(Cl)c(-c3cccc4sc(N)nc34)c(F)c2n1. The molecule has 11 heteroatoms. The van der Waals surface area contributed by atoms with E-state index in [0.29, 0.717) is 59.3 Å². The third-order valence-corrected chi connectivity index (χ3v) is 8.48. The zero-order chi connectivity index (χ0) is 26.4. The van der Waals surface area contributed by atoms with Gasteiger partial charge in [0.15, 0.2) is 10.9 Å². The highest BCUT2D eigenvalue weighted by Crippen LogP contribution is 2.42. The number of aromatic nitrogens is 3. The molecule has 2 aliphatic rings. The lowest BCUT2D eigenvalue weighted by Gasteiger charge is -2.24. The number of anilines is 2. The third-order valence-electron chi connectivity index (χ3n) is 7.33. The minimum atomic E-state index is -0.564. The van der Waals surface area contributed by atoms with Crippen molar-refractivity contribution in [3.05, 3.63) is 46.9 Å². The number of nitrogen functional groups attached to an aromatic ring is 1. The molecule has 1 saturated heterocycles. The monoisotopic (exact) mass is 554 g/mol. The summed E-state index contributed by atoms with van der Waals surface area (Å²) in [6.45, 7) is 2.50. The van der Waals surface area contributed by atoms with Crippen LogP contribution in [0.15, 0.2) is 36.1 Å². The van der Waals surface area contributed by atoms with Crippen molar-refractivity contribution in [1.82, 2.24) is 19.9 Å². The average molecular weight is 555 g/mol. The number of halogens is 2. The number of hydrogen-bond acceptors (Lipinski definition) is 9. The molecule has 0 unspecified atom stereocenters. The summed E-state index contributed by atoms with van der Waals surface area (Å²) in [5.74, 6) is 0.305. The van der Waals surface area contributed by atoms with Crippen LogP contribution in [0.25, 0.3) is 32.2 Å². The van der Waals surface area contributed by atoms with E-state index in [1.54, 1.807) is 18.2 Å². The van der Waals surface area contributed by atoms with Crippen molar-refractivity contribution in [2.45, 2.75) is 31.7 Å². The van der Waals surface area contributed by atoms with Crippen LogP contribution in [0.1, 0.15) is 25.7 Å². The number of nitrogens with zero attached hydrogens (tertiary/aromatic N) is 5. The molecule has 38 heavy (non-hydrogen) atoms. The molecule has 198 valence electrons. The van der Waals surface area contributed by atoms with Crippen molar-refractivity contribution in [2.75, 3.05) is 43.9 Å². The fourth-order valence-corrected chi connectivity index (χ4v) is 6.35. The molecule has 1 fully saturated rings. The topological polar surface area (TPSA) is 101 Å². The number of likely N-dealkylation sites (N-methyl/N-ethyl adjacent to an activating group) is 1. The summed E-state index contributed by atoms with van der Waals surface area (Å²) >= 11 is 8.10. The van der Waals surface area contributed by atoms with Gasteiger partial charge < -0.3 is 25.4 Å². The zero-order valence-corrected chi connectivity index (χ0v) is 22.5. The first-order chi connectivity index (χ1) is 18.4. The van der Waals surface area contributed by atoms with Crippen molar-refractivity contribution in [2.24, 2.45) is 0 Å². The highest BCUT2D eigenvalue weighted by Gasteiger charge is 2.26. The number of aliphatic hydroxyl groups is 1. The van der Waals surface area contributed by atoms with E-state index in [1.165, 1.54) is 11.3 Å². The van der Waals surface area contributed by atoms with Crippen LogP contribution in [0.3, 0.4) is 0 Å². The van der Waals surface area contributed by atoms with E-state index in [1.807, 2.05) is 17.0 Å². The van der Waals surface area contributed by atoms with E-state index in [4.69, 9.17) is 27.1 Å². The fourth-order valence-electron chi connectivity index (χ4n) is 5.29. The van der Waals surface area contributed by atoms with Gasteiger partial charge in [0.1, 0.15) is 17.9 Å². The first-order valence-corrected chi connectivity index (χ1v) is 13.9. The van der Waals surface area contributed by atoms with Gasteiger partial charge in [0.25, 0.3) is 0 Å². The van der Waals surface area contributed by atoms with Gasteiger partial charge in [-0.3, -0.25) is 0 Å². The van der Waals surface area contributed by atoms with Crippen LogP contribution in [-0.4, -0.2) is 64.3 Å². The Morgan fingerprint density at radius 2 is 2.08 bits per heavy atom. The van der Waals surface area contributed by atoms with Crippen LogP contribution in [-0.2, 0) is 0 Å². The van der Waals surface area contributed by atoms with Crippen molar-refractivity contribution in [3.63, 3.8) is 0 Å². The first kappa shape index (κ1) is 25.1. The molecular weight excluding hydrogens is 527 g/mol. The molecule has 2 aromatic heterocycles. The van der Waals surface area contributed by atoms with E-state index in [0.717, 1.165) is 30.5 Å². The molecule has 2 aromatic carbocycles. The number of nitrogens with two attached hydrogens (primary N) is 1. The molecule has 6 rings (SSSR count). The molecule has 0 radical (unpaired) electrons. The molecule has 1 atom stereocenters. The molecule has 0 bridgehead atoms. The van der Waals surface area contributed by atoms with Gasteiger partial charge in [-0.1, -0.05) is 35.1 Å². The Balaban J connectivity index is 1.51. The van der Waals surface area contributed by atoms with Crippen molar-refractivity contribution in [3.8, 4) is 17.1 Å². The van der Waals surface area contributed by atoms with Gasteiger partial charge in [-0.2, -0.15) is 9.97 Å². The van der Waals surface area contributed by atoms with E-state index in [-0.39, 0.29) is 28.2 Å². The number of benzene rings is 2. The second-order valence-electron chi connectivity index (χ2n) is 9.81. The second kappa shape index (κ2) is 10.2. The van der Waals surface area contributed by atoms with Gasteiger partial charge in [0.05, 0.1) is 21.0 Å². The number of fused-ring (bicyclic) bond motifs is 2. The average Bonchev–Trinajstić information content (AvgIpc) is 3.41. The molecule has 0 spiro atoms. The number of para-hydroxylation sites is 1. The molecule has 2 aliphatic heterocycles. The molecular formula is C27H28ClFN6O2S. The van der Waals surface area contributed by atoms with Gasteiger partial charge in [-0.15, -0.1) is 0 Å². The lowest BCUT2D eigenvalue weighted by Crippen LogP contribution is -2.31. The van der Waals surface area contributed by atoms with E-state index < -0.39 is 5.82 Å². The minimum absolute atomic E-state index is 0.119. The summed E-state index contributed by atoms with van der Waals surface area (Å²) < 4.78 is 23.4. The van der Waals surface area contributed by atoms with E-state index >= 15 is 4.39 Å². The van der Waals surface area contributed by atoms with Crippen LogP contribution >= 0.6 is 22.9 Å². The standard InChI is InChI=1S/C27H28ClFN6O2S/c1-34-10-3-5-15(34)14-37-27-32-24-18(25(33-27)35-11-4-6-16(36)9-12-35)13-19(28)21(22(24)29)17-7-2-8-20-23(17)31-26(30)38-20/h2,7-9,13,15,36H,3-6,10-12,14H2,1H3,(H2,30,31)/t15-/m0/s1. The Morgan fingerprint density at radius 1 is 1.21 bits per heavy atom. The Kier molecular flexibility index (Phi) is 6.71. The first-order valence-electron chi connectivity index (χ1n) is 12.7. The Bertz CT molecular complexity index is 1560. The summed E-state index contributed by atoms with van der Waals surface area (Å²) in [6.07, 6.45) is 5.22. The molecule has 3 N–H and O–H groups in total. The van der Waals surface area contributed by atoms with Gasteiger partial charge in [-0.25, -0.2) is 9.37 Å². The van der Waals surface area contributed by atoms with Crippen LogP contribution in [0.4, 0.5) is 15.3 Å². The Morgan fingerprint density at radius 3 is 2.89 bits per heavy atom. The van der Waals surface area contributed by atoms with Gasteiger partial charge >= 0.3 is 6.01 Å². The van der Waals surface area contributed by atoms with Gasteiger partial charge in [0, 0.05) is 42.1 Å². The molecule has 4 heterocycles. The molecule has 0 aliphatic carbocycles. The maximum absolute atomic E-state index is 16.5. The molecule has 8 nitrogen and oxygen atoms in total. The minimum Gasteiger partial charge on any atom is -0.513 e. The highest BCUT2D eigenvalue weighted by molar-refractivity contribution is 7.22. The lowest BCUT2D eigenvalue weighted by atomic mass is 10.0. The third kappa shape index (κ3) is 4.61. The smallest absolute Gasteiger partial charge is 0.319 e. The molecule has 0 amide bonds. The maximum atomic E-state index is 16.5. The summed E-state index contributed by atoms with van der Waals surface area (Å²) in [6, 6.07) is 7.61. The predicted octanol–water partition coefficient (Wildman–Crippen LogP) is 5.80. The van der Waals surface area contributed by atoms with E-state index in [9.17, 15) is 5.11 Å². The Hall–Kier alpha value is -3.21. The van der Waals surface area contributed by atoms with Gasteiger partial charge in [0.2, 0.25) is 0 Å². The number of aliphatic hydroxyl groups excluding tert-OH is 1. The zero-order valence-electron chi connectivity index (χ0n) is 21.0. The Labute approximate surface area is 228 Å². The second-order valence-corrected chi connectivity index (χ2v) is 11.3. The maximum Gasteiger partial charge on any atom is 0.319 e. The number of ether oxygens (including phenoxy) is 1.